The summed E-state index contributed by atoms with van der Waals surface area (Å²) in [6, 6.07) is 9.99. The SMILES string of the molecule is COc1ccc(-c2cccc3c(N)c4c(nc23)CN(C2CCC2)C4=O)cn1. The van der Waals surface area contributed by atoms with Gasteiger partial charge in [-0.2, -0.15) is 0 Å². The van der Waals surface area contributed by atoms with E-state index in [1.807, 2.05) is 35.2 Å². The summed E-state index contributed by atoms with van der Waals surface area (Å²) in [7, 11) is 1.59. The predicted molar refractivity (Wildman–Crippen MR) is 103 cm³/mol. The molecule has 6 nitrogen and oxygen atoms in total. The van der Waals surface area contributed by atoms with E-state index >= 15 is 0 Å². The van der Waals surface area contributed by atoms with Crippen molar-refractivity contribution in [1.29, 1.82) is 0 Å². The van der Waals surface area contributed by atoms with E-state index in [-0.39, 0.29) is 5.91 Å². The van der Waals surface area contributed by atoms with E-state index in [4.69, 9.17) is 15.5 Å². The Morgan fingerprint density at radius 3 is 2.74 bits per heavy atom. The van der Waals surface area contributed by atoms with E-state index in [1.165, 1.54) is 6.42 Å². The van der Waals surface area contributed by atoms with Crippen molar-refractivity contribution in [1.82, 2.24) is 14.9 Å². The molecule has 0 spiro atoms. The predicted octanol–water partition coefficient (Wildman–Crippen LogP) is 3.40. The molecule has 5 rings (SSSR count). The molecule has 0 unspecified atom stereocenters. The fourth-order valence-corrected chi connectivity index (χ4v) is 3.98. The minimum absolute atomic E-state index is 0.0260. The number of nitrogens with two attached hydrogens (primary N) is 1. The molecule has 1 aliphatic heterocycles. The van der Waals surface area contributed by atoms with Gasteiger partial charge in [-0.05, 0) is 25.3 Å². The Hall–Kier alpha value is -3.15. The van der Waals surface area contributed by atoms with Crippen molar-refractivity contribution in [2.24, 2.45) is 0 Å². The average molecular weight is 360 g/mol. The third-order valence-electron chi connectivity index (χ3n) is 5.70. The minimum Gasteiger partial charge on any atom is -0.481 e. The molecule has 27 heavy (non-hydrogen) atoms. The van der Waals surface area contributed by atoms with Crippen LogP contribution in [0.25, 0.3) is 22.0 Å². The number of benzene rings is 1. The summed E-state index contributed by atoms with van der Waals surface area (Å²) in [6.45, 7) is 0.550. The molecule has 0 atom stereocenters. The molecule has 1 saturated carbocycles. The number of ether oxygens (including phenoxy) is 1. The first kappa shape index (κ1) is 16.1. The largest absolute Gasteiger partial charge is 0.481 e. The molecule has 2 aliphatic rings. The zero-order chi connectivity index (χ0) is 18.5. The van der Waals surface area contributed by atoms with Crippen LogP contribution in [-0.2, 0) is 6.54 Å². The summed E-state index contributed by atoms with van der Waals surface area (Å²) in [5.41, 5.74) is 11.0. The third-order valence-corrected chi connectivity index (χ3v) is 5.70. The first-order valence-electron chi connectivity index (χ1n) is 9.20. The quantitative estimate of drug-likeness (QED) is 0.774. The van der Waals surface area contributed by atoms with Crippen LogP contribution in [0.15, 0.2) is 36.5 Å². The number of nitrogen functional groups attached to an aromatic ring is 1. The lowest BCUT2D eigenvalue weighted by molar-refractivity contribution is 0.0606. The van der Waals surface area contributed by atoms with Gasteiger partial charge in [-0.15, -0.1) is 0 Å². The number of amides is 1. The van der Waals surface area contributed by atoms with Crippen molar-refractivity contribution in [2.75, 3.05) is 12.8 Å². The second-order valence-corrected chi connectivity index (χ2v) is 7.16. The molecule has 2 N–H and O–H groups in total. The standard InChI is InChI=1S/C21H20N4O2/c1-27-17-9-8-12(10-23-17)14-6-3-7-15-19(22)18-16(24-20(14)15)11-25(21(18)26)13-4-2-5-13/h3,6-10,13H,2,4-5,11H2,1H3,(H2,22,24). The van der Waals surface area contributed by atoms with E-state index < -0.39 is 0 Å². The third kappa shape index (κ3) is 2.36. The summed E-state index contributed by atoms with van der Waals surface area (Å²) in [5, 5.41) is 0.811. The van der Waals surface area contributed by atoms with E-state index in [2.05, 4.69) is 4.98 Å². The molecule has 136 valence electrons. The van der Waals surface area contributed by atoms with Crippen LogP contribution in [0.3, 0.4) is 0 Å². The molecular weight excluding hydrogens is 340 g/mol. The molecule has 0 saturated heterocycles. The molecule has 3 heterocycles. The molecule has 1 aliphatic carbocycles. The Morgan fingerprint density at radius 1 is 1.22 bits per heavy atom. The van der Waals surface area contributed by atoms with Crippen LogP contribution in [0.2, 0.25) is 0 Å². The number of fused-ring (bicyclic) bond motifs is 2. The fraction of sp³-hybridized carbons (Fsp3) is 0.286. The number of pyridine rings is 2. The maximum Gasteiger partial charge on any atom is 0.258 e. The number of hydrogen-bond donors (Lipinski definition) is 1. The topological polar surface area (TPSA) is 81.3 Å². The number of carbonyl (C=O) groups excluding carboxylic acids is 1. The summed E-state index contributed by atoms with van der Waals surface area (Å²) >= 11 is 0. The van der Waals surface area contributed by atoms with Crippen molar-refractivity contribution >= 4 is 22.5 Å². The summed E-state index contributed by atoms with van der Waals surface area (Å²) in [6.07, 6.45) is 5.10. The van der Waals surface area contributed by atoms with Gasteiger partial charge in [0.15, 0.2) is 0 Å². The first-order valence-corrected chi connectivity index (χ1v) is 9.20. The Kier molecular flexibility index (Phi) is 3.53. The van der Waals surface area contributed by atoms with Crippen LogP contribution in [0.5, 0.6) is 5.88 Å². The number of para-hydroxylation sites is 1. The lowest BCUT2D eigenvalue weighted by Crippen LogP contribution is -2.40. The van der Waals surface area contributed by atoms with Gasteiger partial charge in [-0.1, -0.05) is 18.2 Å². The van der Waals surface area contributed by atoms with E-state index in [9.17, 15) is 4.79 Å². The van der Waals surface area contributed by atoms with Crippen molar-refractivity contribution in [3.63, 3.8) is 0 Å². The molecular formula is C21H20N4O2. The van der Waals surface area contributed by atoms with Crippen LogP contribution in [-0.4, -0.2) is 33.9 Å². The highest BCUT2D eigenvalue weighted by atomic mass is 16.5. The summed E-state index contributed by atoms with van der Waals surface area (Å²) in [5.74, 6) is 0.590. The van der Waals surface area contributed by atoms with Gasteiger partial charge in [-0.3, -0.25) is 4.79 Å². The number of hydrogen-bond acceptors (Lipinski definition) is 5. The number of methoxy groups -OCH3 is 1. The number of nitrogens with zero attached hydrogens (tertiary/aromatic N) is 3. The van der Waals surface area contributed by atoms with Gasteiger partial charge in [-0.25, -0.2) is 9.97 Å². The maximum absolute atomic E-state index is 12.9. The van der Waals surface area contributed by atoms with Crippen LogP contribution >= 0.6 is 0 Å². The number of anilines is 1. The van der Waals surface area contributed by atoms with Crippen LogP contribution in [0.1, 0.15) is 35.3 Å². The zero-order valence-electron chi connectivity index (χ0n) is 15.1. The van der Waals surface area contributed by atoms with E-state index in [0.717, 1.165) is 40.6 Å². The number of rotatable bonds is 3. The normalized spacial score (nSPS) is 16.5. The van der Waals surface area contributed by atoms with Crippen LogP contribution in [0.4, 0.5) is 5.69 Å². The van der Waals surface area contributed by atoms with Crippen molar-refractivity contribution < 1.29 is 9.53 Å². The monoisotopic (exact) mass is 360 g/mol. The first-order chi connectivity index (χ1) is 13.2. The second kappa shape index (κ2) is 5.94. The van der Waals surface area contributed by atoms with Crippen molar-refractivity contribution in [3.8, 4) is 17.0 Å². The van der Waals surface area contributed by atoms with Crippen LogP contribution in [0, 0.1) is 0 Å². The van der Waals surface area contributed by atoms with Crippen LogP contribution < -0.4 is 10.5 Å². The van der Waals surface area contributed by atoms with Crippen molar-refractivity contribution in [3.05, 3.63) is 47.8 Å². The Bertz CT molecular complexity index is 1060. The molecule has 0 radical (unpaired) electrons. The highest BCUT2D eigenvalue weighted by molar-refractivity contribution is 6.11. The smallest absolute Gasteiger partial charge is 0.258 e. The van der Waals surface area contributed by atoms with Gasteiger partial charge in [0, 0.05) is 34.8 Å². The Balaban J connectivity index is 1.66. The van der Waals surface area contributed by atoms with Gasteiger partial charge >= 0.3 is 0 Å². The second-order valence-electron chi connectivity index (χ2n) is 7.16. The summed E-state index contributed by atoms with van der Waals surface area (Å²) < 4.78 is 5.14. The molecule has 0 bridgehead atoms. The number of carbonyl (C=O) groups is 1. The molecule has 3 aromatic rings. The molecule has 6 heteroatoms. The van der Waals surface area contributed by atoms with E-state index in [1.54, 1.807) is 13.3 Å². The highest BCUT2D eigenvalue weighted by Crippen LogP contribution is 2.39. The lowest BCUT2D eigenvalue weighted by atomic mass is 9.92. The van der Waals surface area contributed by atoms with E-state index in [0.29, 0.717) is 29.7 Å². The van der Waals surface area contributed by atoms with Gasteiger partial charge in [0.2, 0.25) is 5.88 Å². The molecule has 1 amide bonds. The number of aromatic nitrogens is 2. The van der Waals surface area contributed by atoms with Gasteiger partial charge in [0.05, 0.1) is 36.1 Å². The Morgan fingerprint density at radius 2 is 2.07 bits per heavy atom. The maximum atomic E-state index is 12.9. The zero-order valence-corrected chi connectivity index (χ0v) is 15.1. The van der Waals surface area contributed by atoms with Gasteiger partial charge < -0.3 is 15.4 Å². The Labute approximate surface area is 157 Å². The fourth-order valence-electron chi connectivity index (χ4n) is 3.98. The average Bonchev–Trinajstić information content (AvgIpc) is 2.97. The van der Waals surface area contributed by atoms with Gasteiger partial charge in [0.25, 0.3) is 5.91 Å². The molecule has 2 aromatic heterocycles. The minimum atomic E-state index is 0.0260. The highest BCUT2D eigenvalue weighted by Gasteiger charge is 2.38. The van der Waals surface area contributed by atoms with Gasteiger partial charge in [0.1, 0.15) is 0 Å². The summed E-state index contributed by atoms with van der Waals surface area (Å²) in [4.78, 5) is 24.0. The molecule has 1 aromatic carbocycles. The molecule has 1 fully saturated rings. The lowest BCUT2D eigenvalue weighted by Gasteiger charge is -2.34. The van der Waals surface area contributed by atoms with Crippen molar-refractivity contribution in [2.45, 2.75) is 31.8 Å².